The zero-order valence-electron chi connectivity index (χ0n) is 7.82. The second-order valence-corrected chi connectivity index (χ2v) is 3.29. The molecule has 0 spiro atoms. The van der Waals surface area contributed by atoms with E-state index in [2.05, 4.69) is 20.8 Å². The van der Waals surface area contributed by atoms with Gasteiger partial charge in [-0.1, -0.05) is 59.3 Å². The van der Waals surface area contributed by atoms with Crippen LogP contribution in [-0.4, -0.2) is 0 Å². The quantitative estimate of drug-likeness (QED) is 0.558. The van der Waals surface area contributed by atoms with Crippen LogP contribution in [0.5, 0.6) is 0 Å². The highest BCUT2D eigenvalue weighted by atomic mass is 14.2. The molecule has 0 unspecified atom stereocenters. The van der Waals surface area contributed by atoms with E-state index >= 15 is 0 Å². The van der Waals surface area contributed by atoms with E-state index in [0.29, 0.717) is 0 Å². The SMILES string of the molecule is CCC.CCCCC1CC1. The van der Waals surface area contributed by atoms with Crippen molar-refractivity contribution in [2.75, 3.05) is 0 Å². The van der Waals surface area contributed by atoms with E-state index in [0.717, 1.165) is 5.92 Å². The van der Waals surface area contributed by atoms with Gasteiger partial charge in [-0.25, -0.2) is 0 Å². The molecule has 0 atom stereocenters. The van der Waals surface area contributed by atoms with Crippen molar-refractivity contribution in [3.8, 4) is 0 Å². The van der Waals surface area contributed by atoms with E-state index in [1.807, 2.05) is 0 Å². The summed E-state index contributed by atoms with van der Waals surface area (Å²) < 4.78 is 0. The van der Waals surface area contributed by atoms with Gasteiger partial charge in [0.1, 0.15) is 0 Å². The van der Waals surface area contributed by atoms with E-state index in [1.54, 1.807) is 0 Å². The third-order valence-electron chi connectivity index (χ3n) is 1.66. The van der Waals surface area contributed by atoms with Crippen molar-refractivity contribution in [2.24, 2.45) is 5.92 Å². The molecule has 0 aromatic rings. The molecule has 0 aliphatic heterocycles. The largest absolute Gasteiger partial charge is 0.0656 e. The summed E-state index contributed by atoms with van der Waals surface area (Å²) in [6.07, 6.45) is 8.66. The molecule has 10 heavy (non-hydrogen) atoms. The van der Waals surface area contributed by atoms with Gasteiger partial charge in [0.2, 0.25) is 0 Å². The van der Waals surface area contributed by atoms with E-state index in [-0.39, 0.29) is 0 Å². The maximum atomic E-state index is 2.27. The van der Waals surface area contributed by atoms with Crippen molar-refractivity contribution in [1.29, 1.82) is 0 Å². The average molecular weight is 142 g/mol. The minimum atomic E-state index is 1.15. The van der Waals surface area contributed by atoms with Crippen LogP contribution in [0.15, 0.2) is 0 Å². The summed E-state index contributed by atoms with van der Waals surface area (Å²) >= 11 is 0. The molecule has 0 heterocycles. The van der Waals surface area contributed by atoms with Gasteiger partial charge in [0, 0.05) is 0 Å². The van der Waals surface area contributed by atoms with E-state index < -0.39 is 0 Å². The molecular weight excluding hydrogens is 120 g/mol. The Hall–Kier alpha value is 0. The van der Waals surface area contributed by atoms with Gasteiger partial charge in [-0.2, -0.15) is 0 Å². The zero-order valence-corrected chi connectivity index (χ0v) is 7.82. The van der Waals surface area contributed by atoms with Crippen LogP contribution in [0.25, 0.3) is 0 Å². The molecule has 62 valence electrons. The number of hydrogen-bond acceptors (Lipinski definition) is 0. The van der Waals surface area contributed by atoms with Crippen molar-refractivity contribution in [3.63, 3.8) is 0 Å². The Morgan fingerprint density at radius 3 is 1.90 bits per heavy atom. The molecule has 0 radical (unpaired) electrons. The van der Waals surface area contributed by atoms with Crippen molar-refractivity contribution in [2.45, 2.75) is 59.3 Å². The van der Waals surface area contributed by atoms with Crippen LogP contribution in [0.1, 0.15) is 59.3 Å². The summed E-state index contributed by atoms with van der Waals surface area (Å²) in [4.78, 5) is 0. The fourth-order valence-corrected chi connectivity index (χ4v) is 0.899. The third kappa shape index (κ3) is 8.00. The second kappa shape index (κ2) is 7.11. The van der Waals surface area contributed by atoms with Crippen LogP contribution in [0.2, 0.25) is 0 Å². The summed E-state index contributed by atoms with van der Waals surface area (Å²) in [7, 11) is 0. The van der Waals surface area contributed by atoms with E-state index in [1.165, 1.54) is 38.5 Å². The van der Waals surface area contributed by atoms with E-state index in [9.17, 15) is 0 Å². The Morgan fingerprint density at radius 1 is 1.10 bits per heavy atom. The first-order valence-corrected chi connectivity index (χ1v) is 4.85. The molecule has 1 aliphatic rings. The van der Waals surface area contributed by atoms with Crippen LogP contribution in [0.4, 0.5) is 0 Å². The predicted molar refractivity (Wildman–Crippen MR) is 48.2 cm³/mol. The molecule has 1 fully saturated rings. The molecule has 0 heteroatoms. The minimum absolute atomic E-state index is 1.15. The highest BCUT2D eigenvalue weighted by Crippen LogP contribution is 2.33. The summed E-state index contributed by atoms with van der Waals surface area (Å²) in [6.45, 7) is 6.52. The van der Waals surface area contributed by atoms with Crippen LogP contribution in [0.3, 0.4) is 0 Å². The summed E-state index contributed by atoms with van der Waals surface area (Å²) in [5.74, 6) is 1.15. The maximum Gasteiger partial charge on any atom is -0.0414 e. The van der Waals surface area contributed by atoms with Gasteiger partial charge in [-0.3, -0.25) is 0 Å². The van der Waals surface area contributed by atoms with Gasteiger partial charge in [-0.15, -0.1) is 0 Å². The van der Waals surface area contributed by atoms with Gasteiger partial charge in [0.05, 0.1) is 0 Å². The van der Waals surface area contributed by atoms with Crippen LogP contribution < -0.4 is 0 Å². The van der Waals surface area contributed by atoms with Crippen molar-refractivity contribution >= 4 is 0 Å². The Balaban J connectivity index is 0.000000236. The highest BCUT2D eigenvalue weighted by molar-refractivity contribution is 4.71. The van der Waals surface area contributed by atoms with Gasteiger partial charge < -0.3 is 0 Å². The Morgan fingerprint density at radius 2 is 1.60 bits per heavy atom. The minimum Gasteiger partial charge on any atom is -0.0656 e. The molecule has 0 N–H and O–H groups in total. The van der Waals surface area contributed by atoms with Crippen molar-refractivity contribution < 1.29 is 0 Å². The lowest BCUT2D eigenvalue weighted by Crippen LogP contribution is -1.72. The molecule has 0 nitrogen and oxygen atoms in total. The first-order valence-electron chi connectivity index (χ1n) is 4.85. The van der Waals surface area contributed by atoms with Gasteiger partial charge in [0.25, 0.3) is 0 Å². The summed E-state index contributed by atoms with van der Waals surface area (Å²) in [5, 5.41) is 0. The van der Waals surface area contributed by atoms with Crippen LogP contribution in [-0.2, 0) is 0 Å². The molecule has 0 amide bonds. The maximum absolute atomic E-state index is 2.27. The molecule has 1 rings (SSSR count). The normalized spacial score (nSPS) is 15.9. The van der Waals surface area contributed by atoms with Gasteiger partial charge in [-0.05, 0) is 5.92 Å². The molecular formula is C10H22. The fraction of sp³-hybridized carbons (Fsp3) is 1.00. The Kier molecular flexibility index (Phi) is 7.11. The monoisotopic (exact) mass is 142 g/mol. The molecule has 0 aromatic carbocycles. The lowest BCUT2D eigenvalue weighted by Gasteiger charge is -1.88. The molecule has 1 saturated carbocycles. The fourth-order valence-electron chi connectivity index (χ4n) is 0.899. The van der Waals surface area contributed by atoms with E-state index in [4.69, 9.17) is 0 Å². The standard InChI is InChI=1S/C7H14.C3H8/c1-2-3-4-7-5-6-7;1-3-2/h7H,2-6H2,1H3;3H2,1-2H3. The zero-order chi connectivity index (χ0) is 7.82. The Labute approximate surface area is 66.0 Å². The lowest BCUT2D eigenvalue weighted by atomic mass is 10.2. The Bertz CT molecular complexity index is 53.1. The molecule has 0 bridgehead atoms. The molecule has 0 aromatic heterocycles. The molecule has 1 aliphatic carbocycles. The highest BCUT2D eigenvalue weighted by Gasteiger charge is 2.19. The molecule has 0 saturated heterocycles. The first kappa shape index (κ1) is 10.0. The lowest BCUT2D eigenvalue weighted by molar-refractivity contribution is 0.654. The van der Waals surface area contributed by atoms with Gasteiger partial charge in [0.15, 0.2) is 0 Å². The average Bonchev–Trinajstić information content (AvgIpc) is 2.68. The number of unbranched alkanes of at least 4 members (excludes halogenated alkanes) is 1. The van der Waals surface area contributed by atoms with Crippen LogP contribution in [0, 0.1) is 5.92 Å². The third-order valence-corrected chi connectivity index (χ3v) is 1.66. The van der Waals surface area contributed by atoms with Crippen molar-refractivity contribution in [1.82, 2.24) is 0 Å². The smallest absolute Gasteiger partial charge is 0.0414 e. The number of hydrogen-bond donors (Lipinski definition) is 0. The summed E-state index contributed by atoms with van der Waals surface area (Å²) in [6, 6.07) is 0. The van der Waals surface area contributed by atoms with Crippen molar-refractivity contribution in [3.05, 3.63) is 0 Å². The van der Waals surface area contributed by atoms with Gasteiger partial charge >= 0.3 is 0 Å². The van der Waals surface area contributed by atoms with Crippen LogP contribution >= 0.6 is 0 Å². The predicted octanol–water partition coefficient (Wildman–Crippen LogP) is 4.00. The summed E-state index contributed by atoms with van der Waals surface area (Å²) in [5.41, 5.74) is 0. The first-order chi connectivity index (χ1) is 4.85. The second-order valence-electron chi connectivity index (χ2n) is 3.29. The number of rotatable bonds is 3. The topological polar surface area (TPSA) is 0 Å².